The second kappa shape index (κ2) is 7.44. The lowest BCUT2D eigenvalue weighted by Gasteiger charge is -2.27. The SMILES string of the molecule is C[C@H](NC(=O)C(C)(F)F)[C@@H](c1cnc(C2CC2)nc1)n1ncc2cc(C#N)ccc21. The summed E-state index contributed by atoms with van der Waals surface area (Å²) < 4.78 is 28.6. The minimum atomic E-state index is -3.50. The van der Waals surface area contributed by atoms with Crippen LogP contribution in [-0.2, 0) is 4.79 Å². The largest absolute Gasteiger partial charge is 0.346 e. The van der Waals surface area contributed by atoms with Crippen LogP contribution in [0.1, 0.15) is 55.6 Å². The van der Waals surface area contributed by atoms with Crippen LogP contribution in [0.2, 0.25) is 0 Å². The fraction of sp³-hybridized carbons (Fsp3) is 0.381. The third kappa shape index (κ3) is 3.85. The number of hydrogen-bond donors (Lipinski definition) is 1. The van der Waals surface area contributed by atoms with Crippen LogP contribution in [0.25, 0.3) is 10.9 Å². The van der Waals surface area contributed by atoms with E-state index in [0.29, 0.717) is 29.5 Å². The number of halogens is 2. The van der Waals surface area contributed by atoms with Gasteiger partial charge in [-0.1, -0.05) is 0 Å². The number of benzene rings is 1. The van der Waals surface area contributed by atoms with E-state index in [2.05, 4.69) is 26.5 Å². The van der Waals surface area contributed by atoms with E-state index in [-0.39, 0.29) is 0 Å². The maximum atomic E-state index is 13.5. The number of nitrogens with zero attached hydrogens (tertiary/aromatic N) is 5. The number of hydrogen-bond acceptors (Lipinski definition) is 5. The Hall–Kier alpha value is -3.41. The van der Waals surface area contributed by atoms with Gasteiger partial charge in [-0.05, 0) is 38.0 Å². The fourth-order valence-electron chi connectivity index (χ4n) is 3.45. The monoisotopic (exact) mass is 410 g/mol. The van der Waals surface area contributed by atoms with Gasteiger partial charge < -0.3 is 5.32 Å². The van der Waals surface area contributed by atoms with E-state index in [0.717, 1.165) is 24.1 Å². The average molecular weight is 410 g/mol. The van der Waals surface area contributed by atoms with Crippen molar-refractivity contribution in [2.24, 2.45) is 0 Å². The number of fused-ring (bicyclic) bond motifs is 1. The number of rotatable bonds is 6. The Morgan fingerprint density at radius 2 is 2.00 bits per heavy atom. The molecule has 1 aliphatic rings. The predicted molar refractivity (Wildman–Crippen MR) is 105 cm³/mol. The van der Waals surface area contributed by atoms with Crippen molar-refractivity contribution in [2.45, 2.75) is 50.6 Å². The summed E-state index contributed by atoms with van der Waals surface area (Å²) in [6.07, 6.45) is 7.05. The summed E-state index contributed by atoms with van der Waals surface area (Å²) >= 11 is 0. The highest BCUT2D eigenvalue weighted by molar-refractivity contribution is 5.83. The minimum Gasteiger partial charge on any atom is -0.346 e. The number of carbonyl (C=O) groups is 1. The zero-order valence-corrected chi connectivity index (χ0v) is 16.5. The van der Waals surface area contributed by atoms with Gasteiger partial charge in [-0.3, -0.25) is 9.48 Å². The van der Waals surface area contributed by atoms with E-state index in [9.17, 15) is 13.6 Å². The molecule has 0 unspecified atom stereocenters. The Labute approximate surface area is 171 Å². The van der Waals surface area contributed by atoms with Crippen LogP contribution in [0.5, 0.6) is 0 Å². The standard InChI is InChI=1S/C21H20F2N6O/c1-12(28-20(30)21(2,22)23)18(16-9-25-19(26-10-16)14-4-5-14)29-17-6-3-13(8-24)7-15(17)11-27-29/h3,6-7,9-12,14,18H,4-5H2,1-2H3,(H,28,30)/t12-,18-/m0/s1. The molecule has 3 aromatic rings. The molecule has 0 saturated heterocycles. The molecule has 4 rings (SSSR count). The maximum Gasteiger partial charge on any atom is 0.321 e. The molecule has 0 aliphatic heterocycles. The van der Waals surface area contributed by atoms with Crippen LogP contribution >= 0.6 is 0 Å². The molecule has 0 spiro atoms. The molecule has 1 saturated carbocycles. The summed E-state index contributed by atoms with van der Waals surface area (Å²) in [5.74, 6) is -3.72. The molecule has 9 heteroatoms. The van der Waals surface area contributed by atoms with Gasteiger partial charge in [0.1, 0.15) is 11.9 Å². The molecule has 2 heterocycles. The van der Waals surface area contributed by atoms with Crippen LogP contribution in [0.3, 0.4) is 0 Å². The Morgan fingerprint density at radius 1 is 1.30 bits per heavy atom. The van der Waals surface area contributed by atoms with Crippen molar-refractivity contribution in [3.05, 3.63) is 53.7 Å². The van der Waals surface area contributed by atoms with Gasteiger partial charge >= 0.3 is 5.92 Å². The highest BCUT2D eigenvalue weighted by Crippen LogP contribution is 2.38. The number of amides is 1. The highest BCUT2D eigenvalue weighted by Gasteiger charge is 2.36. The van der Waals surface area contributed by atoms with Crippen molar-refractivity contribution in [2.75, 3.05) is 0 Å². The second-order valence-corrected chi connectivity index (χ2v) is 7.72. The average Bonchev–Trinajstić information content (AvgIpc) is 3.49. The molecule has 2 atom stereocenters. The number of carbonyl (C=O) groups excluding carboxylic acids is 1. The Bertz CT molecular complexity index is 1130. The summed E-state index contributed by atoms with van der Waals surface area (Å²) in [5.41, 5.74) is 1.83. The van der Waals surface area contributed by atoms with Crippen LogP contribution < -0.4 is 5.32 Å². The summed E-state index contributed by atoms with van der Waals surface area (Å²) in [6, 6.07) is 5.85. The highest BCUT2D eigenvalue weighted by atomic mass is 19.3. The van der Waals surface area contributed by atoms with E-state index in [1.165, 1.54) is 0 Å². The summed E-state index contributed by atoms with van der Waals surface area (Å²) in [6.45, 7) is 2.20. The molecule has 1 aromatic carbocycles. The van der Waals surface area contributed by atoms with E-state index in [1.54, 1.807) is 48.4 Å². The molecule has 154 valence electrons. The first kappa shape index (κ1) is 19.9. The molecule has 0 radical (unpaired) electrons. The molecule has 30 heavy (non-hydrogen) atoms. The zero-order valence-electron chi connectivity index (χ0n) is 16.5. The van der Waals surface area contributed by atoms with Crippen molar-refractivity contribution in [3.8, 4) is 6.07 Å². The van der Waals surface area contributed by atoms with Crippen LogP contribution in [-0.4, -0.2) is 37.6 Å². The van der Waals surface area contributed by atoms with Gasteiger partial charge in [-0.15, -0.1) is 0 Å². The van der Waals surface area contributed by atoms with Gasteiger partial charge in [-0.25, -0.2) is 9.97 Å². The first-order valence-corrected chi connectivity index (χ1v) is 9.66. The summed E-state index contributed by atoms with van der Waals surface area (Å²) in [5, 5.41) is 16.7. The smallest absolute Gasteiger partial charge is 0.321 e. The quantitative estimate of drug-likeness (QED) is 0.672. The molecular formula is C21H20F2N6O. The van der Waals surface area contributed by atoms with Crippen LogP contribution in [0.4, 0.5) is 8.78 Å². The van der Waals surface area contributed by atoms with Crippen molar-refractivity contribution in [3.63, 3.8) is 0 Å². The summed E-state index contributed by atoms with van der Waals surface area (Å²) in [4.78, 5) is 20.8. The molecular weight excluding hydrogens is 390 g/mol. The lowest BCUT2D eigenvalue weighted by atomic mass is 10.0. The van der Waals surface area contributed by atoms with Crippen LogP contribution in [0, 0.1) is 11.3 Å². The summed E-state index contributed by atoms with van der Waals surface area (Å²) in [7, 11) is 0. The van der Waals surface area contributed by atoms with Gasteiger partial charge in [0.2, 0.25) is 0 Å². The fourth-order valence-corrected chi connectivity index (χ4v) is 3.45. The molecule has 2 aromatic heterocycles. The van der Waals surface area contributed by atoms with Crippen molar-refractivity contribution >= 4 is 16.8 Å². The van der Waals surface area contributed by atoms with E-state index in [1.807, 2.05) is 0 Å². The number of alkyl halides is 2. The van der Waals surface area contributed by atoms with Crippen LogP contribution in [0.15, 0.2) is 36.8 Å². The van der Waals surface area contributed by atoms with Gasteiger partial charge in [0.05, 0.1) is 29.4 Å². The van der Waals surface area contributed by atoms with Crippen molar-refractivity contribution in [1.29, 1.82) is 5.26 Å². The number of nitriles is 1. The first-order chi connectivity index (χ1) is 14.3. The molecule has 1 aliphatic carbocycles. The van der Waals surface area contributed by atoms with Gasteiger partial charge in [0.25, 0.3) is 5.91 Å². The van der Waals surface area contributed by atoms with E-state index < -0.39 is 23.9 Å². The Balaban J connectivity index is 1.75. The zero-order chi connectivity index (χ0) is 21.5. The van der Waals surface area contributed by atoms with Gasteiger partial charge in [0.15, 0.2) is 0 Å². The molecule has 0 bridgehead atoms. The second-order valence-electron chi connectivity index (χ2n) is 7.72. The van der Waals surface area contributed by atoms with E-state index in [4.69, 9.17) is 5.26 Å². The Morgan fingerprint density at radius 3 is 2.60 bits per heavy atom. The Kier molecular flexibility index (Phi) is 4.94. The van der Waals surface area contributed by atoms with Gasteiger partial charge in [-0.2, -0.15) is 19.1 Å². The topological polar surface area (TPSA) is 96.5 Å². The lowest BCUT2D eigenvalue weighted by Crippen LogP contribution is -2.46. The first-order valence-electron chi connectivity index (χ1n) is 9.66. The normalized spacial score (nSPS) is 16.1. The number of nitrogens with one attached hydrogen (secondary N) is 1. The van der Waals surface area contributed by atoms with Crippen molar-refractivity contribution in [1.82, 2.24) is 25.1 Å². The van der Waals surface area contributed by atoms with Crippen molar-refractivity contribution < 1.29 is 13.6 Å². The third-order valence-electron chi connectivity index (χ3n) is 5.20. The number of aromatic nitrogens is 4. The van der Waals surface area contributed by atoms with Gasteiger partial charge in [0, 0.05) is 36.2 Å². The molecule has 7 nitrogen and oxygen atoms in total. The molecule has 1 amide bonds. The predicted octanol–water partition coefficient (Wildman–Crippen LogP) is 3.32. The maximum absolute atomic E-state index is 13.5. The molecule has 1 N–H and O–H groups in total. The van der Waals surface area contributed by atoms with E-state index >= 15 is 0 Å². The lowest BCUT2D eigenvalue weighted by molar-refractivity contribution is -0.143. The third-order valence-corrected chi connectivity index (χ3v) is 5.20. The minimum absolute atomic E-state index is 0.378. The molecule has 1 fully saturated rings.